The van der Waals surface area contributed by atoms with Gasteiger partial charge < -0.3 is 28.7 Å². The van der Waals surface area contributed by atoms with Gasteiger partial charge in [-0.25, -0.2) is 14.4 Å². The third kappa shape index (κ3) is 11.2. The molecule has 5 aromatic carbocycles. The molecule has 1 aliphatic carbocycles. The minimum absolute atomic E-state index is 0.00728. The largest absolute Gasteiger partial charge is 0.452 e. The van der Waals surface area contributed by atoms with Crippen LogP contribution in [0.4, 0.5) is 4.79 Å². The van der Waals surface area contributed by atoms with Crippen molar-refractivity contribution in [2.75, 3.05) is 13.2 Å². The Morgan fingerprint density at radius 2 is 1.17 bits per heavy atom. The third-order valence-corrected chi connectivity index (χ3v) is 21.2. The minimum Gasteiger partial charge on any atom is -0.452 e. The summed E-state index contributed by atoms with van der Waals surface area (Å²) in [6, 6.07) is 27.5. The molecule has 2 aliphatic heterocycles. The maximum Gasteiger partial charge on any atom is 0.407 e. The predicted octanol–water partition coefficient (Wildman–Crippen LogP) is 11.8. The SMILES string of the molecule is CC[C@H](C)[C@H](NC(=O)OCC1c2ccccc2-c2ccccc21)C(=O)N(C(C)=O)[C@@H]1O[C@H](CO[Si](C)(C)C(C)(C)C)[C@@H](OC(=O)c2ccccc2)[C@H](OC(=O)c2ccccc2)[C@H]1N1C(=O)c2c(Cl)c(Cl)c(Cl)c(Cl)c2C1=O. The average Bonchev–Trinajstić information content (AvgIpc) is 3.87. The monoisotopic (exact) mass is 1140 g/mol. The molecule has 0 spiro atoms. The zero-order valence-electron chi connectivity index (χ0n) is 43.4. The van der Waals surface area contributed by atoms with Gasteiger partial charge in [-0.1, -0.05) is 172 Å². The van der Waals surface area contributed by atoms with Crippen LogP contribution in [0, 0.1) is 5.92 Å². The van der Waals surface area contributed by atoms with Crippen molar-refractivity contribution in [3.63, 3.8) is 0 Å². The average molecular weight is 1150 g/mol. The van der Waals surface area contributed by atoms with Crippen LogP contribution in [0.15, 0.2) is 109 Å². The molecule has 8 rings (SSSR count). The van der Waals surface area contributed by atoms with E-state index in [-0.39, 0.29) is 40.1 Å². The van der Waals surface area contributed by atoms with Crippen LogP contribution in [0.25, 0.3) is 11.1 Å². The molecule has 5 amide bonds. The number of ether oxygens (including phenoxy) is 4. The summed E-state index contributed by atoms with van der Waals surface area (Å²) in [6.07, 6.45) is -8.09. The fourth-order valence-corrected chi connectivity index (χ4v) is 11.6. The van der Waals surface area contributed by atoms with Crippen LogP contribution >= 0.6 is 46.4 Å². The maximum atomic E-state index is 15.7. The van der Waals surface area contributed by atoms with E-state index >= 15 is 14.4 Å². The second kappa shape index (κ2) is 23.1. The number of amides is 5. The van der Waals surface area contributed by atoms with Gasteiger partial charge in [-0.05, 0) is 70.6 Å². The quantitative estimate of drug-likeness (QED) is 0.0262. The highest BCUT2D eigenvalue weighted by Crippen LogP contribution is 2.48. The van der Waals surface area contributed by atoms with E-state index in [1.165, 1.54) is 24.3 Å². The number of benzene rings is 5. The van der Waals surface area contributed by atoms with Crippen molar-refractivity contribution < 1.29 is 56.9 Å². The molecule has 15 nitrogen and oxygen atoms in total. The number of rotatable bonds is 15. The van der Waals surface area contributed by atoms with Crippen LogP contribution in [0.5, 0.6) is 0 Å². The standard InChI is InChI=1S/C57H57Cl4N3O12Si/c1-9-30(2)46(62-56(71)72-28-38-36-26-18-16-24-34(36)35-25-17-19-27-37(35)38)52(68)63(31(3)65)53-47(64-50(66)40-41(51(64)67)43(59)45(61)44(60)42(40)58)49(76-55(70)33-22-14-11-15-23-33)48(75-54(69)32-20-12-10-13-21-32)39(74-53)29-73-77(7,8)57(4,5)6/h10-27,30,38-39,46-49,53H,9,28-29H2,1-8H3,(H,62,71)/t30-,39+,46-,47+,48+,49+,53+/m0/s1. The summed E-state index contributed by atoms with van der Waals surface area (Å²) in [5.74, 6) is -7.43. The van der Waals surface area contributed by atoms with Crippen LogP contribution in [0.2, 0.25) is 38.2 Å². The van der Waals surface area contributed by atoms with E-state index < -0.39 is 125 Å². The Morgan fingerprint density at radius 3 is 1.64 bits per heavy atom. The second-order valence-corrected chi connectivity index (χ2v) is 27.0. The van der Waals surface area contributed by atoms with E-state index in [2.05, 4.69) is 5.32 Å². The van der Waals surface area contributed by atoms with E-state index in [0.717, 1.165) is 29.2 Å². The molecule has 77 heavy (non-hydrogen) atoms. The molecule has 2 heterocycles. The molecule has 3 aliphatic rings. The lowest BCUT2D eigenvalue weighted by molar-refractivity contribution is -0.237. The van der Waals surface area contributed by atoms with E-state index in [1.54, 1.807) is 50.2 Å². The number of nitrogens with one attached hydrogen (secondary N) is 1. The lowest BCUT2D eigenvalue weighted by Gasteiger charge is -2.51. The maximum absolute atomic E-state index is 15.7. The van der Waals surface area contributed by atoms with E-state index in [0.29, 0.717) is 9.80 Å². The van der Waals surface area contributed by atoms with Gasteiger partial charge in [-0.15, -0.1) is 0 Å². The van der Waals surface area contributed by atoms with Gasteiger partial charge in [0.1, 0.15) is 24.8 Å². The van der Waals surface area contributed by atoms with Gasteiger partial charge in [-0.3, -0.25) is 29.0 Å². The first kappa shape index (κ1) is 57.1. The first-order valence-electron chi connectivity index (χ1n) is 25.0. The first-order valence-corrected chi connectivity index (χ1v) is 29.4. The topological polar surface area (TPSA) is 184 Å². The summed E-state index contributed by atoms with van der Waals surface area (Å²) >= 11 is 26.4. The van der Waals surface area contributed by atoms with Gasteiger partial charge in [0.15, 0.2) is 26.8 Å². The van der Waals surface area contributed by atoms with Crippen LogP contribution in [0.3, 0.4) is 0 Å². The molecule has 0 unspecified atom stereocenters. The molecule has 0 saturated carbocycles. The van der Waals surface area contributed by atoms with Crippen molar-refractivity contribution in [1.82, 2.24) is 15.1 Å². The summed E-state index contributed by atoms with van der Waals surface area (Å²) in [4.78, 5) is 105. The number of carbonyl (C=O) groups excluding carboxylic acids is 7. The van der Waals surface area contributed by atoms with E-state index in [4.69, 9.17) is 69.8 Å². The minimum atomic E-state index is -2.78. The molecule has 5 aromatic rings. The first-order chi connectivity index (χ1) is 36.5. The van der Waals surface area contributed by atoms with E-state index in [1.807, 2.05) is 82.4 Å². The molecule has 1 N–H and O–H groups in total. The Kier molecular flexibility index (Phi) is 17.1. The number of nitrogens with zero attached hydrogens (tertiary/aromatic N) is 2. The number of esters is 2. The smallest absolute Gasteiger partial charge is 0.407 e. The highest BCUT2D eigenvalue weighted by Gasteiger charge is 2.61. The fourth-order valence-electron chi connectivity index (χ4n) is 9.54. The van der Waals surface area contributed by atoms with Gasteiger partial charge in [0.25, 0.3) is 17.7 Å². The van der Waals surface area contributed by atoms with Crippen LogP contribution in [-0.4, -0.2) is 110 Å². The summed E-state index contributed by atoms with van der Waals surface area (Å²) in [5.41, 5.74) is 2.93. The van der Waals surface area contributed by atoms with E-state index in [9.17, 15) is 19.2 Å². The highest BCUT2D eigenvalue weighted by molar-refractivity contribution is 6.74. The number of hydrogen-bond acceptors (Lipinski definition) is 12. The summed E-state index contributed by atoms with van der Waals surface area (Å²) in [5, 5.41) is 0.651. The fraction of sp³-hybridized carbons (Fsp3) is 0.351. The third-order valence-electron chi connectivity index (χ3n) is 14.9. The molecule has 0 bridgehead atoms. The second-order valence-electron chi connectivity index (χ2n) is 20.6. The Balaban J connectivity index is 1.27. The van der Waals surface area contributed by atoms with Gasteiger partial charge in [0.05, 0.1) is 49.0 Å². The molecule has 404 valence electrons. The summed E-state index contributed by atoms with van der Waals surface area (Å²) < 4.78 is 32.2. The highest BCUT2D eigenvalue weighted by atomic mass is 35.5. The molecular weight excluding hydrogens is 1090 g/mol. The van der Waals surface area contributed by atoms with Gasteiger partial charge in [0.2, 0.25) is 5.91 Å². The van der Waals surface area contributed by atoms with Crippen LogP contribution < -0.4 is 5.32 Å². The molecule has 0 radical (unpaired) electrons. The number of alkyl carbamates (subject to hydrolysis) is 1. The zero-order chi connectivity index (χ0) is 55.8. The lowest BCUT2D eigenvalue weighted by atomic mass is 9.91. The van der Waals surface area contributed by atoms with Crippen LogP contribution in [0.1, 0.15) is 106 Å². The molecule has 1 fully saturated rings. The predicted molar refractivity (Wildman–Crippen MR) is 293 cm³/mol. The van der Waals surface area contributed by atoms with Crippen molar-refractivity contribution in [3.05, 3.63) is 163 Å². The van der Waals surface area contributed by atoms with Crippen molar-refractivity contribution in [2.45, 2.75) is 109 Å². The summed E-state index contributed by atoms with van der Waals surface area (Å²) in [6.45, 7) is 13.8. The van der Waals surface area contributed by atoms with Crippen molar-refractivity contribution in [1.29, 1.82) is 0 Å². The molecule has 20 heteroatoms. The molecule has 1 saturated heterocycles. The Labute approximate surface area is 467 Å². The van der Waals surface area contributed by atoms with Gasteiger partial charge >= 0.3 is 18.0 Å². The number of carbonyl (C=O) groups is 7. The Hall–Kier alpha value is -6.11. The number of fused-ring (bicyclic) bond motifs is 4. The van der Waals surface area contributed by atoms with Gasteiger partial charge in [-0.2, -0.15) is 0 Å². The molecule has 0 aromatic heterocycles. The van der Waals surface area contributed by atoms with Crippen molar-refractivity contribution in [3.8, 4) is 11.1 Å². The lowest BCUT2D eigenvalue weighted by Crippen LogP contribution is -2.72. The Morgan fingerprint density at radius 1 is 0.701 bits per heavy atom. The molecular formula is C57H57Cl4N3O12Si. The van der Waals surface area contributed by atoms with Crippen molar-refractivity contribution in [2.24, 2.45) is 5.92 Å². The zero-order valence-corrected chi connectivity index (χ0v) is 47.5. The van der Waals surface area contributed by atoms with Gasteiger partial charge in [0, 0.05) is 12.8 Å². The number of imide groups is 2. The number of hydrogen-bond donors (Lipinski definition) is 1. The van der Waals surface area contributed by atoms with Crippen LogP contribution in [-0.2, 0) is 33.0 Å². The normalized spacial score (nSPS) is 19.8. The van der Waals surface area contributed by atoms with Crippen molar-refractivity contribution >= 4 is 96.4 Å². The Bertz CT molecular complexity index is 3050. The molecule has 7 atom stereocenters. The summed E-state index contributed by atoms with van der Waals surface area (Å²) in [7, 11) is -2.78. The number of halogens is 4.